The number of benzene rings is 2. The van der Waals surface area contributed by atoms with Crippen LogP contribution in [0.4, 0.5) is 0 Å². The normalized spacial score (nSPS) is 10.6. The van der Waals surface area contributed by atoms with Gasteiger partial charge in [-0.05, 0) is 24.3 Å². The standard InChI is InChI=1S/C19H16/c1-17(15-16-19-12-6-3-7-13-19)9-8-14-18-10-4-2-5-11-18/h2-7,10-13,17H,9H2,1H3. The van der Waals surface area contributed by atoms with E-state index in [9.17, 15) is 0 Å². The number of hydrogen-bond acceptors (Lipinski definition) is 0. The topological polar surface area (TPSA) is 0 Å². The Morgan fingerprint density at radius 3 is 1.89 bits per heavy atom. The van der Waals surface area contributed by atoms with Crippen molar-refractivity contribution in [1.82, 2.24) is 0 Å². The number of hydrogen-bond donors (Lipinski definition) is 0. The minimum Gasteiger partial charge on any atom is -0.0966 e. The van der Waals surface area contributed by atoms with E-state index < -0.39 is 0 Å². The molecule has 0 saturated heterocycles. The van der Waals surface area contributed by atoms with Crippen LogP contribution >= 0.6 is 0 Å². The molecule has 0 aliphatic rings. The second-order valence-electron chi connectivity index (χ2n) is 4.41. The summed E-state index contributed by atoms with van der Waals surface area (Å²) in [5.41, 5.74) is 2.12. The highest BCUT2D eigenvalue weighted by Crippen LogP contribution is 2.02. The Morgan fingerprint density at radius 1 is 0.789 bits per heavy atom. The first-order valence-electron chi connectivity index (χ1n) is 6.45. The molecule has 1 atom stereocenters. The van der Waals surface area contributed by atoms with Gasteiger partial charge in [-0.25, -0.2) is 0 Å². The summed E-state index contributed by atoms with van der Waals surface area (Å²) in [6, 6.07) is 20.1. The molecule has 0 aliphatic heterocycles. The molecule has 0 aliphatic carbocycles. The minimum atomic E-state index is 0.288. The molecule has 0 aromatic heterocycles. The largest absolute Gasteiger partial charge is 0.0966 e. The third-order valence-electron chi connectivity index (χ3n) is 2.65. The van der Waals surface area contributed by atoms with Crippen LogP contribution in [-0.4, -0.2) is 0 Å². The molecule has 2 aromatic carbocycles. The van der Waals surface area contributed by atoms with Gasteiger partial charge in [-0.3, -0.25) is 0 Å². The molecule has 19 heavy (non-hydrogen) atoms. The lowest BCUT2D eigenvalue weighted by Crippen LogP contribution is -1.87. The Bertz CT molecular complexity index is 616. The lowest BCUT2D eigenvalue weighted by molar-refractivity contribution is 0.789. The molecule has 0 bridgehead atoms. The first kappa shape index (κ1) is 13.0. The molecule has 0 fully saturated rings. The van der Waals surface area contributed by atoms with Gasteiger partial charge in [-0.15, -0.1) is 0 Å². The summed E-state index contributed by atoms with van der Waals surface area (Å²) in [7, 11) is 0. The number of rotatable bonds is 1. The molecule has 0 heterocycles. The monoisotopic (exact) mass is 244 g/mol. The molecular weight excluding hydrogens is 228 g/mol. The maximum Gasteiger partial charge on any atom is 0.0287 e. The second kappa shape index (κ2) is 7.10. The van der Waals surface area contributed by atoms with E-state index in [0.717, 1.165) is 17.5 Å². The van der Waals surface area contributed by atoms with Gasteiger partial charge in [0.15, 0.2) is 0 Å². The van der Waals surface area contributed by atoms with E-state index >= 15 is 0 Å². The van der Waals surface area contributed by atoms with E-state index in [1.807, 2.05) is 60.7 Å². The zero-order valence-corrected chi connectivity index (χ0v) is 11.1. The average molecular weight is 244 g/mol. The van der Waals surface area contributed by atoms with E-state index in [1.54, 1.807) is 0 Å². The van der Waals surface area contributed by atoms with Crippen LogP contribution in [-0.2, 0) is 0 Å². The van der Waals surface area contributed by atoms with Crippen LogP contribution in [0.25, 0.3) is 0 Å². The van der Waals surface area contributed by atoms with Crippen molar-refractivity contribution >= 4 is 0 Å². The Kier molecular flexibility index (Phi) is 4.86. The van der Waals surface area contributed by atoms with Gasteiger partial charge < -0.3 is 0 Å². The fourth-order valence-electron chi connectivity index (χ4n) is 1.61. The molecule has 2 aromatic rings. The molecule has 92 valence electrons. The maximum atomic E-state index is 3.23. The van der Waals surface area contributed by atoms with Crippen molar-refractivity contribution in [3.05, 3.63) is 71.8 Å². The van der Waals surface area contributed by atoms with Gasteiger partial charge in [0.25, 0.3) is 0 Å². The molecule has 0 N–H and O–H groups in total. The summed E-state index contributed by atoms with van der Waals surface area (Å²) in [6.45, 7) is 2.11. The van der Waals surface area contributed by atoms with Crippen molar-refractivity contribution < 1.29 is 0 Å². The Labute approximate surface area is 115 Å². The predicted octanol–water partition coefficient (Wildman–Crippen LogP) is 4.12. The van der Waals surface area contributed by atoms with Gasteiger partial charge in [-0.1, -0.05) is 67.0 Å². The van der Waals surface area contributed by atoms with Gasteiger partial charge in [0.2, 0.25) is 0 Å². The van der Waals surface area contributed by atoms with Crippen molar-refractivity contribution in [1.29, 1.82) is 0 Å². The van der Waals surface area contributed by atoms with Crippen molar-refractivity contribution in [2.24, 2.45) is 5.92 Å². The molecule has 1 unspecified atom stereocenters. The molecular formula is C19H16. The van der Waals surface area contributed by atoms with E-state index in [-0.39, 0.29) is 5.92 Å². The summed E-state index contributed by atoms with van der Waals surface area (Å²) in [5, 5.41) is 0. The fourth-order valence-corrected chi connectivity index (χ4v) is 1.61. The smallest absolute Gasteiger partial charge is 0.0287 e. The van der Waals surface area contributed by atoms with Crippen molar-refractivity contribution in [3.8, 4) is 23.7 Å². The summed E-state index contributed by atoms with van der Waals surface area (Å²) in [6.07, 6.45) is 0.800. The Balaban J connectivity index is 1.91. The van der Waals surface area contributed by atoms with Crippen LogP contribution < -0.4 is 0 Å². The highest BCUT2D eigenvalue weighted by molar-refractivity contribution is 5.35. The van der Waals surface area contributed by atoms with Crippen LogP contribution in [0.3, 0.4) is 0 Å². The van der Waals surface area contributed by atoms with Gasteiger partial charge in [-0.2, -0.15) is 0 Å². The van der Waals surface area contributed by atoms with Crippen LogP contribution in [0.1, 0.15) is 24.5 Å². The lowest BCUT2D eigenvalue weighted by Gasteiger charge is -1.95. The van der Waals surface area contributed by atoms with E-state index in [2.05, 4.69) is 30.6 Å². The Morgan fingerprint density at radius 2 is 1.32 bits per heavy atom. The van der Waals surface area contributed by atoms with Gasteiger partial charge >= 0.3 is 0 Å². The summed E-state index contributed by atoms with van der Waals surface area (Å²) in [5.74, 6) is 13.0. The van der Waals surface area contributed by atoms with Crippen molar-refractivity contribution in [2.45, 2.75) is 13.3 Å². The molecule has 0 nitrogen and oxygen atoms in total. The van der Waals surface area contributed by atoms with E-state index in [1.165, 1.54) is 0 Å². The third kappa shape index (κ3) is 4.74. The fraction of sp³-hybridized carbons (Fsp3) is 0.158. The zero-order valence-electron chi connectivity index (χ0n) is 11.1. The van der Waals surface area contributed by atoms with Crippen molar-refractivity contribution in [2.75, 3.05) is 0 Å². The third-order valence-corrected chi connectivity index (χ3v) is 2.65. The summed E-state index contributed by atoms with van der Waals surface area (Å²) < 4.78 is 0. The minimum absolute atomic E-state index is 0.288. The van der Waals surface area contributed by atoms with Crippen LogP contribution in [0.2, 0.25) is 0 Å². The molecule has 0 radical (unpaired) electrons. The van der Waals surface area contributed by atoms with E-state index in [4.69, 9.17) is 0 Å². The predicted molar refractivity (Wildman–Crippen MR) is 80.4 cm³/mol. The lowest BCUT2D eigenvalue weighted by atomic mass is 10.1. The van der Waals surface area contributed by atoms with Crippen LogP contribution in [0, 0.1) is 29.6 Å². The second-order valence-corrected chi connectivity index (χ2v) is 4.41. The highest BCUT2D eigenvalue weighted by Gasteiger charge is 1.92. The molecule has 0 spiro atoms. The first-order chi connectivity index (χ1) is 9.34. The zero-order chi connectivity index (χ0) is 13.3. The molecule has 0 amide bonds. The van der Waals surface area contributed by atoms with Crippen LogP contribution in [0.15, 0.2) is 60.7 Å². The quantitative estimate of drug-likeness (QED) is 0.662. The van der Waals surface area contributed by atoms with E-state index in [0.29, 0.717) is 0 Å². The SMILES string of the molecule is CC(C#Cc1ccccc1)CC#Cc1ccccc1. The van der Waals surface area contributed by atoms with Crippen LogP contribution in [0.5, 0.6) is 0 Å². The summed E-state index contributed by atoms with van der Waals surface area (Å²) >= 11 is 0. The van der Waals surface area contributed by atoms with Crippen molar-refractivity contribution in [3.63, 3.8) is 0 Å². The molecule has 2 rings (SSSR count). The van der Waals surface area contributed by atoms with Gasteiger partial charge in [0.1, 0.15) is 0 Å². The first-order valence-corrected chi connectivity index (χ1v) is 6.45. The maximum absolute atomic E-state index is 3.23. The highest BCUT2D eigenvalue weighted by atomic mass is 14.0. The van der Waals surface area contributed by atoms with Gasteiger partial charge in [0.05, 0.1) is 0 Å². The Hall–Kier alpha value is -2.44. The van der Waals surface area contributed by atoms with Gasteiger partial charge in [0, 0.05) is 23.5 Å². The molecule has 0 heteroatoms. The summed E-state index contributed by atoms with van der Waals surface area (Å²) in [4.78, 5) is 0. The average Bonchev–Trinajstić information content (AvgIpc) is 2.47. The molecule has 0 saturated carbocycles.